The molecule has 0 spiro atoms. The number of aromatic nitrogens is 2. The second-order valence-electron chi connectivity index (χ2n) is 5.56. The molecular formula is C13H19F3N4O. The van der Waals surface area contributed by atoms with Crippen molar-refractivity contribution in [3.05, 3.63) is 11.8 Å². The van der Waals surface area contributed by atoms with Crippen molar-refractivity contribution in [2.75, 3.05) is 5.43 Å². The summed E-state index contributed by atoms with van der Waals surface area (Å²) in [7, 11) is 0. The van der Waals surface area contributed by atoms with Crippen LogP contribution in [0.15, 0.2) is 6.07 Å². The Bertz CT molecular complexity index is 495. The van der Waals surface area contributed by atoms with E-state index in [1.165, 1.54) is 0 Å². The van der Waals surface area contributed by atoms with Crippen LogP contribution in [-0.4, -0.2) is 16.1 Å². The zero-order valence-electron chi connectivity index (χ0n) is 11.9. The van der Waals surface area contributed by atoms with E-state index in [0.717, 1.165) is 25.3 Å². The van der Waals surface area contributed by atoms with Crippen molar-refractivity contribution in [1.82, 2.24) is 9.97 Å². The quantitative estimate of drug-likeness (QED) is 0.663. The van der Waals surface area contributed by atoms with E-state index in [0.29, 0.717) is 11.8 Å². The van der Waals surface area contributed by atoms with Crippen LogP contribution in [0.4, 0.5) is 19.1 Å². The van der Waals surface area contributed by atoms with Gasteiger partial charge in [-0.15, -0.1) is 0 Å². The lowest BCUT2D eigenvalue weighted by molar-refractivity contribution is -0.141. The van der Waals surface area contributed by atoms with Gasteiger partial charge in [0.05, 0.1) is 0 Å². The first-order valence-electron chi connectivity index (χ1n) is 6.89. The number of anilines is 1. The molecular weight excluding hydrogens is 285 g/mol. The minimum absolute atomic E-state index is 0.1000. The molecule has 3 unspecified atom stereocenters. The maximum Gasteiger partial charge on any atom is 0.433 e. The molecule has 1 heterocycles. The number of hydrogen-bond acceptors (Lipinski definition) is 5. The number of ether oxygens (including phenoxy) is 1. The first kappa shape index (κ1) is 15.8. The Kier molecular flexibility index (Phi) is 4.55. The fraction of sp³-hybridized carbons (Fsp3) is 0.692. The second-order valence-corrected chi connectivity index (χ2v) is 5.56. The van der Waals surface area contributed by atoms with Crippen molar-refractivity contribution in [3.63, 3.8) is 0 Å². The molecule has 1 aliphatic rings. The summed E-state index contributed by atoms with van der Waals surface area (Å²) in [5, 5.41) is 0. The minimum atomic E-state index is -4.57. The largest absolute Gasteiger partial charge is 0.474 e. The maximum absolute atomic E-state index is 12.8. The lowest BCUT2D eigenvalue weighted by Gasteiger charge is -2.32. The van der Waals surface area contributed by atoms with Gasteiger partial charge in [-0.3, -0.25) is 5.43 Å². The van der Waals surface area contributed by atoms with Crippen molar-refractivity contribution in [3.8, 4) is 5.88 Å². The van der Waals surface area contributed by atoms with Crippen LogP contribution in [0, 0.1) is 11.8 Å². The first-order valence-corrected chi connectivity index (χ1v) is 6.89. The van der Waals surface area contributed by atoms with E-state index >= 15 is 0 Å². The Hall–Kier alpha value is -1.57. The number of nitrogens with two attached hydrogens (primary N) is 1. The molecule has 5 nitrogen and oxygen atoms in total. The Balaban J connectivity index is 2.16. The lowest BCUT2D eigenvalue weighted by atomic mass is 9.80. The fourth-order valence-corrected chi connectivity index (χ4v) is 2.47. The number of nitrogens with zero attached hydrogens (tertiary/aromatic N) is 2. The van der Waals surface area contributed by atoms with Crippen molar-refractivity contribution < 1.29 is 17.9 Å². The smallest absolute Gasteiger partial charge is 0.433 e. The van der Waals surface area contributed by atoms with E-state index in [-0.39, 0.29) is 17.9 Å². The normalized spacial score (nSPS) is 26.5. The molecule has 3 atom stereocenters. The highest BCUT2D eigenvalue weighted by atomic mass is 19.4. The number of nitrogen functional groups attached to an aromatic ring is 1. The molecule has 2 rings (SSSR count). The number of halogens is 3. The molecule has 118 valence electrons. The molecule has 1 aromatic heterocycles. The average molecular weight is 304 g/mol. The second kappa shape index (κ2) is 6.05. The van der Waals surface area contributed by atoms with Gasteiger partial charge < -0.3 is 4.74 Å². The summed E-state index contributed by atoms with van der Waals surface area (Å²) in [6.45, 7) is 4.29. The summed E-state index contributed by atoms with van der Waals surface area (Å²) in [5.74, 6) is 5.77. The summed E-state index contributed by atoms with van der Waals surface area (Å²) in [4.78, 5) is 7.13. The molecule has 1 aliphatic carbocycles. The van der Waals surface area contributed by atoms with Gasteiger partial charge in [0.1, 0.15) is 6.10 Å². The van der Waals surface area contributed by atoms with Crippen LogP contribution in [-0.2, 0) is 6.18 Å². The van der Waals surface area contributed by atoms with Gasteiger partial charge in [0.25, 0.3) is 0 Å². The third-order valence-electron chi connectivity index (χ3n) is 3.96. The van der Waals surface area contributed by atoms with Gasteiger partial charge in [0, 0.05) is 6.07 Å². The van der Waals surface area contributed by atoms with E-state index in [2.05, 4.69) is 23.8 Å². The number of nitrogens with one attached hydrogen (secondary N) is 1. The van der Waals surface area contributed by atoms with E-state index in [4.69, 9.17) is 10.6 Å². The number of hydrazine groups is 1. The van der Waals surface area contributed by atoms with Crippen molar-refractivity contribution in [2.24, 2.45) is 17.7 Å². The van der Waals surface area contributed by atoms with Crippen LogP contribution >= 0.6 is 0 Å². The Morgan fingerprint density at radius 3 is 2.52 bits per heavy atom. The third kappa shape index (κ3) is 3.96. The van der Waals surface area contributed by atoms with Gasteiger partial charge in [0.2, 0.25) is 11.8 Å². The number of rotatable bonds is 3. The summed E-state index contributed by atoms with van der Waals surface area (Å²) < 4.78 is 43.9. The summed E-state index contributed by atoms with van der Waals surface area (Å²) in [6, 6.07) is 0.809. The van der Waals surface area contributed by atoms with E-state index in [1.54, 1.807) is 0 Å². The summed E-state index contributed by atoms with van der Waals surface area (Å²) in [6.07, 6.45) is -2.09. The standard InChI is InChI=1S/C13H19F3N4O/c1-7-3-4-9(5-8(7)2)21-11-6-10(13(14,15)16)18-12(19-11)20-17/h6-9H,3-5,17H2,1-2H3,(H,18,19,20). The van der Waals surface area contributed by atoms with E-state index in [9.17, 15) is 13.2 Å². The average Bonchev–Trinajstić information content (AvgIpc) is 2.41. The van der Waals surface area contributed by atoms with Gasteiger partial charge in [0.15, 0.2) is 5.69 Å². The van der Waals surface area contributed by atoms with Crippen LogP contribution in [0.25, 0.3) is 0 Å². The van der Waals surface area contributed by atoms with Crippen molar-refractivity contribution in [2.45, 2.75) is 45.4 Å². The molecule has 1 saturated carbocycles. The molecule has 0 radical (unpaired) electrons. The van der Waals surface area contributed by atoms with Crippen molar-refractivity contribution in [1.29, 1.82) is 0 Å². The van der Waals surface area contributed by atoms with Crippen LogP contribution in [0.3, 0.4) is 0 Å². The summed E-state index contributed by atoms with van der Waals surface area (Å²) >= 11 is 0. The van der Waals surface area contributed by atoms with Gasteiger partial charge in [-0.05, 0) is 31.1 Å². The molecule has 0 aromatic carbocycles. The molecule has 8 heteroatoms. The van der Waals surface area contributed by atoms with Gasteiger partial charge in [-0.25, -0.2) is 10.8 Å². The van der Waals surface area contributed by atoms with E-state index in [1.807, 2.05) is 5.43 Å². The predicted molar refractivity (Wildman–Crippen MR) is 71.4 cm³/mol. The van der Waals surface area contributed by atoms with Crippen molar-refractivity contribution >= 4 is 5.95 Å². The molecule has 1 fully saturated rings. The molecule has 3 N–H and O–H groups in total. The molecule has 0 aliphatic heterocycles. The predicted octanol–water partition coefficient (Wildman–Crippen LogP) is 2.98. The minimum Gasteiger partial charge on any atom is -0.474 e. The van der Waals surface area contributed by atoms with Crippen LogP contribution in [0.1, 0.15) is 38.8 Å². The van der Waals surface area contributed by atoms with Gasteiger partial charge >= 0.3 is 6.18 Å². The fourth-order valence-electron chi connectivity index (χ4n) is 2.47. The maximum atomic E-state index is 12.8. The Morgan fingerprint density at radius 1 is 1.24 bits per heavy atom. The highest BCUT2D eigenvalue weighted by Gasteiger charge is 2.34. The van der Waals surface area contributed by atoms with Crippen LogP contribution < -0.4 is 16.0 Å². The van der Waals surface area contributed by atoms with Crippen LogP contribution in [0.5, 0.6) is 5.88 Å². The number of alkyl halides is 3. The topological polar surface area (TPSA) is 73.1 Å². The molecule has 21 heavy (non-hydrogen) atoms. The lowest BCUT2D eigenvalue weighted by Crippen LogP contribution is -2.29. The highest BCUT2D eigenvalue weighted by Crippen LogP contribution is 2.33. The number of hydrogen-bond donors (Lipinski definition) is 2. The molecule has 1 aromatic rings. The SMILES string of the molecule is CC1CCC(Oc2cc(C(F)(F)F)nc(NN)n2)CC1C. The van der Waals surface area contributed by atoms with Gasteiger partial charge in [-0.2, -0.15) is 18.2 Å². The summed E-state index contributed by atoms with van der Waals surface area (Å²) in [5.41, 5.74) is 0.959. The molecule has 0 saturated heterocycles. The zero-order chi connectivity index (χ0) is 15.6. The third-order valence-corrected chi connectivity index (χ3v) is 3.96. The van der Waals surface area contributed by atoms with Gasteiger partial charge in [-0.1, -0.05) is 13.8 Å². The molecule has 0 bridgehead atoms. The monoisotopic (exact) mass is 304 g/mol. The zero-order valence-corrected chi connectivity index (χ0v) is 11.9. The molecule has 0 amide bonds. The first-order chi connectivity index (χ1) is 9.79. The highest BCUT2D eigenvalue weighted by molar-refractivity contribution is 5.30. The Labute approximate surface area is 121 Å². The van der Waals surface area contributed by atoms with E-state index < -0.39 is 11.9 Å². The van der Waals surface area contributed by atoms with Crippen LogP contribution in [0.2, 0.25) is 0 Å². The Morgan fingerprint density at radius 2 is 1.95 bits per heavy atom.